The minimum atomic E-state index is -0.108. The third-order valence-corrected chi connectivity index (χ3v) is 3.18. The van der Waals surface area contributed by atoms with Crippen LogP contribution in [-0.2, 0) is 4.79 Å². The van der Waals surface area contributed by atoms with Crippen LogP contribution < -0.4 is 15.4 Å². The van der Waals surface area contributed by atoms with Crippen LogP contribution >= 0.6 is 11.6 Å². The Hall–Kier alpha value is -1.30. The van der Waals surface area contributed by atoms with Crippen LogP contribution in [0.2, 0.25) is 5.02 Å². The SMILES string of the molecule is COc1cc(Cl)c(C)cc1NC(=O)CNCCN(C)C. The number of rotatable bonds is 7. The van der Waals surface area contributed by atoms with Crippen LogP contribution in [0, 0.1) is 6.92 Å². The first-order valence-electron chi connectivity index (χ1n) is 6.43. The largest absolute Gasteiger partial charge is 0.495 e. The summed E-state index contributed by atoms with van der Waals surface area (Å²) in [5, 5.41) is 6.51. The van der Waals surface area contributed by atoms with E-state index in [2.05, 4.69) is 15.5 Å². The minimum Gasteiger partial charge on any atom is -0.495 e. The lowest BCUT2D eigenvalue weighted by Gasteiger charge is -2.13. The molecule has 0 radical (unpaired) electrons. The van der Waals surface area contributed by atoms with Crippen molar-refractivity contribution < 1.29 is 9.53 Å². The molecule has 1 amide bonds. The Morgan fingerprint density at radius 3 is 2.70 bits per heavy atom. The highest BCUT2D eigenvalue weighted by Crippen LogP contribution is 2.30. The molecule has 1 aromatic rings. The summed E-state index contributed by atoms with van der Waals surface area (Å²) in [5.41, 5.74) is 1.53. The average molecular weight is 300 g/mol. The van der Waals surface area contributed by atoms with E-state index in [0.29, 0.717) is 16.5 Å². The molecule has 5 nitrogen and oxygen atoms in total. The number of halogens is 1. The molecular weight excluding hydrogens is 278 g/mol. The molecule has 0 aliphatic rings. The van der Waals surface area contributed by atoms with Gasteiger partial charge in [-0.1, -0.05) is 11.6 Å². The monoisotopic (exact) mass is 299 g/mol. The van der Waals surface area contributed by atoms with E-state index in [1.54, 1.807) is 19.2 Å². The zero-order valence-corrected chi connectivity index (χ0v) is 13.2. The number of nitrogens with zero attached hydrogens (tertiary/aromatic N) is 1. The number of carbonyl (C=O) groups is 1. The van der Waals surface area contributed by atoms with E-state index in [1.807, 2.05) is 21.0 Å². The molecule has 2 N–H and O–H groups in total. The zero-order chi connectivity index (χ0) is 15.1. The van der Waals surface area contributed by atoms with Gasteiger partial charge in [-0.2, -0.15) is 0 Å². The number of anilines is 1. The summed E-state index contributed by atoms with van der Waals surface area (Å²) in [4.78, 5) is 13.9. The highest BCUT2D eigenvalue weighted by molar-refractivity contribution is 6.31. The molecular formula is C14H22ClN3O2. The second-order valence-electron chi connectivity index (χ2n) is 4.83. The van der Waals surface area contributed by atoms with Gasteiger partial charge < -0.3 is 20.3 Å². The predicted molar refractivity (Wildman–Crippen MR) is 82.8 cm³/mol. The predicted octanol–water partition coefficient (Wildman–Crippen LogP) is 1.75. The summed E-state index contributed by atoms with van der Waals surface area (Å²) in [6.45, 7) is 3.79. The summed E-state index contributed by atoms with van der Waals surface area (Å²) >= 11 is 6.02. The van der Waals surface area contributed by atoms with E-state index < -0.39 is 0 Å². The Labute approximate surface area is 125 Å². The summed E-state index contributed by atoms with van der Waals surface area (Å²) in [6, 6.07) is 3.50. The molecule has 0 aromatic heterocycles. The Morgan fingerprint density at radius 1 is 1.40 bits per heavy atom. The third-order valence-electron chi connectivity index (χ3n) is 2.78. The van der Waals surface area contributed by atoms with Crippen molar-refractivity contribution in [1.82, 2.24) is 10.2 Å². The van der Waals surface area contributed by atoms with E-state index in [4.69, 9.17) is 16.3 Å². The van der Waals surface area contributed by atoms with Gasteiger partial charge in [0.2, 0.25) is 5.91 Å². The van der Waals surface area contributed by atoms with E-state index in [1.165, 1.54) is 0 Å². The maximum absolute atomic E-state index is 11.8. The molecule has 0 atom stereocenters. The highest BCUT2D eigenvalue weighted by Gasteiger charge is 2.10. The van der Waals surface area contributed by atoms with Crippen LogP contribution in [0.1, 0.15) is 5.56 Å². The molecule has 0 spiro atoms. The summed E-state index contributed by atoms with van der Waals surface area (Å²) < 4.78 is 5.21. The normalized spacial score (nSPS) is 10.7. The zero-order valence-electron chi connectivity index (χ0n) is 12.4. The molecule has 0 aliphatic heterocycles. The fraction of sp³-hybridized carbons (Fsp3) is 0.500. The second kappa shape index (κ2) is 8.09. The lowest BCUT2D eigenvalue weighted by molar-refractivity contribution is -0.115. The van der Waals surface area contributed by atoms with Crippen molar-refractivity contribution in [3.05, 3.63) is 22.7 Å². The first-order valence-corrected chi connectivity index (χ1v) is 6.81. The third kappa shape index (κ3) is 5.36. The van der Waals surface area contributed by atoms with Crippen molar-refractivity contribution in [3.63, 3.8) is 0 Å². The van der Waals surface area contributed by atoms with Gasteiger partial charge in [0.05, 0.1) is 19.3 Å². The van der Waals surface area contributed by atoms with Gasteiger partial charge in [0, 0.05) is 24.2 Å². The maximum Gasteiger partial charge on any atom is 0.238 e. The van der Waals surface area contributed by atoms with Crippen molar-refractivity contribution in [2.45, 2.75) is 6.92 Å². The van der Waals surface area contributed by atoms with Crippen LogP contribution in [0.15, 0.2) is 12.1 Å². The van der Waals surface area contributed by atoms with Gasteiger partial charge in [0.15, 0.2) is 0 Å². The van der Waals surface area contributed by atoms with Crippen LogP contribution in [0.5, 0.6) is 5.75 Å². The van der Waals surface area contributed by atoms with E-state index in [-0.39, 0.29) is 12.5 Å². The fourth-order valence-electron chi connectivity index (χ4n) is 1.63. The van der Waals surface area contributed by atoms with E-state index >= 15 is 0 Å². The fourth-order valence-corrected chi connectivity index (χ4v) is 1.78. The van der Waals surface area contributed by atoms with Crippen LogP contribution in [0.25, 0.3) is 0 Å². The number of hydrogen-bond acceptors (Lipinski definition) is 4. The number of hydrogen-bond donors (Lipinski definition) is 2. The van der Waals surface area contributed by atoms with Gasteiger partial charge in [-0.3, -0.25) is 4.79 Å². The first kappa shape index (κ1) is 16.8. The number of nitrogens with one attached hydrogen (secondary N) is 2. The minimum absolute atomic E-state index is 0.108. The molecule has 20 heavy (non-hydrogen) atoms. The Kier molecular flexibility index (Phi) is 6.78. The van der Waals surface area contributed by atoms with Crippen molar-refractivity contribution in [1.29, 1.82) is 0 Å². The number of benzene rings is 1. The average Bonchev–Trinajstić information content (AvgIpc) is 2.38. The Bertz CT molecular complexity index is 464. The van der Waals surface area contributed by atoms with Gasteiger partial charge in [-0.15, -0.1) is 0 Å². The summed E-state index contributed by atoms with van der Waals surface area (Å²) in [5.74, 6) is 0.450. The number of carbonyl (C=O) groups excluding carboxylic acids is 1. The molecule has 0 unspecified atom stereocenters. The Morgan fingerprint density at radius 2 is 2.10 bits per heavy atom. The number of amides is 1. The Balaban J connectivity index is 2.55. The number of methoxy groups -OCH3 is 1. The molecule has 6 heteroatoms. The molecule has 0 fully saturated rings. The molecule has 0 aliphatic carbocycles. The molecule has 0 saturated carbocycles. The maximum atomic E-state index is 11.8. The number of ether oxygens (including phenoxy) is 1. The summed E-state index contributed by atoms with van der Waals surface area (Å²) in [7, 11) is 5.53. The molecule has 1 aromatic carbocycles. The van der Waals surface area contributed by atoms with Crippen molar-refractivity contribution in [2.75, 3.05) is 46.2 Å². The van der Waals surface area contributed by atoms with Gasteiger partial charge in [-0.25, -0.2) is 0 Å². The van der Waals surface area contributed by atoms with Crippen LogP contribution in [0.3, 0.4) is 0 Å². The quantitative estimate of drug-likeness (QED) is 0.753. The van der Waals surface area contributed by atoms with Crippen LogP contribution in [0.4, 0.5) is 5.69 Å². The number of aryl methyl sites for hydroxylation is 1. The highest BCUT2D eigenvalue weighted by atomic mass is 35.5. The first-order chi connectivity index (χ1) is 9.43. The lowest BCUT2D eigenvalue weighted by Crippen LogP contribution is -2.33. The standard InChI is InChI=1S/C14H22ClN3O2/c1-10-7-12(13(20-4)8-11(10)15)17-14(19)9-16-5-6-18(2)3/h7-8,16H,5-6,9H2,1-4H3,(H,17,19). The molecule has 112 valence electrons. The molecule has 0 saturated heterocycles. The number of likely N-dealkylation sites (N-methyl/N-ethyl adjacent to an activating group) is 1. The molecule has 0 bridgehead atoms. The van der Waals surface area contributed by atoms with Gasteiger partial charge >= 0.3 is 0 Å². The van der Waals surface area contributed by atoms with Crippen molar-refractivity contribution in [3.8, 4) is 5.75 Å². The van der Waals surface area contributed by atoms with Gasteiger partial charge in [0.1, 0.15) is 5.75 Å². The van der Waals surface area contributed by atoms with E-state index in [9.17, 15) is 4.79 Å². The second-order valence-corrected chi connectivity index (χ2v) is 5.24. The molecule has 1 rings (SSSR count). The van der Waals surface area contributed by atoms with Gasteiger partial charge in [-0.05, 0) is 32.6 Å². The van der Waals surface area contributed by atoms with Crippen molar-refractivity contribution in [2.24, 2.45) is 0 Å². The van der Waals surface area contributed by atoms with E-state index in [0.717, 1.165) is 18.7 Å². The lowest BCUT2D eigenvalue weighted by atomic mass is 10.2. The van der Waals surface area contributed by atoms with Crippen LogP contribution in [-0.4, -0.2) is 51.6 Å². The van der Waals surface area contributed by atoms with Crippen molar-refractivity contribution >= 4 is 23.2 Å². The smallest absolute Gasteiger partial charge is 0.238 e. The topological polar surface area (TPSA) is 53.6 Å². The molecule has 0 heterocycles. The van der Waals surface area contributed by atoms with Gasteiger partial charge in [0.25, 0.3) is 0 Å². The summed E-state index contributed by atoms with van der Waals surface area (Å²) in [6.07, 6.45) is 0.